The van der Waals surface area contributed by atoms with Crippen LogP contribution in [0.1, 0.15) is 42.5 Å². The molecule has 2 aromatic carbocycles. The molecule has 0 spiro atoms. The highest BCUT2D eigenvalue weighted by atomic mass is 16.5. The maximum absolute atomic E-state index is 12.3. The smallest absolute Gasteiger partial charge is 0.251 e. The number of aromatic nitrogens is 3. The molecule has 1 N–H and O–H groups in total. The molecule has 0 saturated heterocycles. The number of ether oxygens (including phenoxy) is 1. The van der Waals surface area contributed by atoms with Crippen molar-refractivity contribution < 1.29 is 9.53 Å². The van der Waals surface area contributed by atoms with E-state index in [0.717, 1.165) is 22.6 Å². The van der Waals surface area contributed by atoms with Gasteiger partial charge in [0.05, 0.1) is 17.6 Å². The zero-order chi connectivity index (χ0) is 23.3. The summed E-state index contributed by atoms with van der Waals surface area (Å²) in [7, 11) is 0. The molecule has 6 heteroatoms. The van der Waals surface area contributed by atoms with Gasteiger partial charge in [-0.1, -0.05) is 45.0 Å². The Morgan fingerprint density at radius 1 is 1.00 bits per heavy atom. The number of pyridine rings is 1. The van der Waals surface area contributed by atoms with Gasteiger partial charge in [-0.05, 0) is 47.4 Å². The first-order chi connectivity index (χ1) is 15.9. The van der Waals surface area contributed by atoms with Gasteiger partial charge >= 0.3 is 0 Å². The van der Waals surface area contributed by atoms with Crippen molar-refractivity contribution in [3.05, 3.63) is 90.0 Å². The van der Waals surface area contributed by atoms with E-state index >= 15 is 0 Å². The SMILES string of the molecule is CC(C)(C)c1ccc(OCCn2c(CCNC(=O)c3ccncc3)nc3ccccc32)cc1. The van der Waals surface area contributed by atoms with Crippen LogP contribution < -0.4 is 10.1 Å². The number of hydrogen-bond acceptors (Lipinski definition) is 4. The number of imidazole rings is 1. The number of hydrogen-bond donors (Lipinski definition) is 1. The van der Waals surface area contributed by atoms with Crippen molar-refractivity contribution in [3.63, 3.8) is 0 Å². The summed E-state index contributed by atoms with van der Waals surface area (Å²) >= 11 is 0. The Kier molecular flexibility index (Phi) is 6.73. The van der Waals surface area contributed by atoms with Gasteiger partial charge in [0.25, 0.3) is 5.91 Å². The van der Waals surface area contributed by atoms with Crippen LogP contribution >= 0.6 is 0 Å². The van der Waals surface area contributed by atoms with Gasteiger partial charge in [-0.3, -0.25) is 9.78 Å². The third-order valence-corrected chi connectivity index (χ3v) is 5.61. The van der Waals surface area contributed by atoms with E-state index in [1.54, 1.807) is 24.5 Å². The fraction of sp³-hybridized carbons (Fsp3) is 0.296. The van der Waals surface area contributed by atoms with E-state index < -0.39 is 0 Å². The highest BCUT2D eigenvalue weighted by Gasteiger charge is 2.14. The van der Waals surface area contributed by atoms with Crippen LogP contribution in [0.15, 0.2) is 73.1 Å². The normalized spacial score (nSPS) is 11.5. The van der Waals surface area contributed by atoms with Crippen LogP contribution in [0.25, 0.3) is 11.0 Å². The molecule has 0 bridgehead atoms. The summed E-state index contributed by atoms with van der Waals surface area (Å²) in [5, 5.41) is 2.97. The lowest BCUT2D eigenvalue weighted by atomic mass is 9.87. The molecule has 0 radical (unpaired) electrons. The van der Waals surface area contributed by atoms with Crippen molar-refractivity contribution in [2.75, 3.05) is 13.2 Å². The molecule has 2 heterocycles. The second kappa shape index (κ2) is 9.86. The lowest BCUT2D eigenvalue weighted by Crippen LogP contribution is -2.26. The Bertz CT molecular complexity index is 1210. The first-order valence-corrected chi connectivity index (χ1v) is 11.3. The van der Waals surface area contributed by atoms with Gasteiger partial charge in [-0.25, -0.2) is 4.98 Å². The maximum Gasteiger partial charge on any atom is 0.251 e. The Morgan fingerprint density at radius 3 is 2.45 bits per heavy atom. The predicted octanol–water partition coefficient (Wildman–Crippen LogP) is 4.78. The van der Waals surface area contributed by atoms with Crippen LogP contribution in [0, 0.1) is 0 Å². The molecule has 0 atom stereocenters. The molecular weight excluding hydrogens is 412 g/mol. The number of amides is 1. The van der Waals surface area contributed by atoms with E-state index in [0.29, 0.717) is 31.7 Å². The second-order valence-corrected chi connectivity index (χ2v) is 9.03. The average Bonchev–Trinajstić information content (AvgIpc) is 3.17. The lowest BCUT2D eigenvalue weighted by Gasteiger charge is -2.19. The first kappa shape index (κ1) is 22.5. The van der Waals surface area contributed by atoms with E-state index in [1.807, 2.05) is 30.3 Å². The van der Waals surface area contributed by atoms with Gasteiger partial charge in [0.15, 0.2) is 0 Å². The second-order valence-electron chi connectivity index (χ2n) is 9.03. The number of nitrogens with zero attached hydrogens (tertiary/aromatic N) is 3. The fourth-order valence-electron chi connectivity index (χ4n) is 3.76. The fourth-order valence-corrected chi connectivity index (χ4v) is 3.76. The van der Waals surface area contributed by atoms with E-state index in [4.69, 9.17) is 9.72 Å². The molecule has 4 aromatic rings. The lowest BCUT2D eigenvalue weighted by molar-refractivity contribution is 0.0953. The summed E-state index contributed by atoms with van der Waals surface area (Å²) in [6, 6.07) is 19.8. The number of rotatable bonds is 8. The highest BCUT2D eigenvalue weighted by molar-refractivity contribution is 5.93. The van der Waals surface area contributed by atoms with Gasteiger partial charge in [-0.2, -0.15) is 0 Å². The van der Waals surface area contributed by atoms with E-state index in [-0.39, 0.29) is 11.3 Å². The summed E-state index contributed by atoms with van der Waals surface area (Å²) in [5.41, 5.74) is 4.02. The molecule has 0 fully saturated rings. The molecule has 0 saturated carbocycles. The van der Waals surface area contributed by atoms with Gasteiger partial charge in [0.2, 0.25) is 0 Å². The average molecular weight is 443 g/mol. The third-order valence-electron chi connectivity index (χ3n) is 5.61. The number of carbonyl (C=O) groups excluding carboxylic acids is 1. The standard InChI is InChI=1S/C27H30N4O2/c1-27(2,3)21-8-10-22(11-9-21)33-19-18-31-24-7-5-4-6-23(24)30-25(31)14-17-29-26(32)20-12-15-28-16-13-20/h4-13,15-16H,14,17-19H2,1-3H3,(H,29,32). The van der Waals surface area contributed by atoms with Crippen molar-refractivity contribution >= 4 is 16.9 Å². The Morgan fingerprint density at radius 2 is 1.73 bits per heavy atom. The summed E-state index contributed by atoms with van der Waals surface area (Å²) in [5.74, 6) is 1.68. The van der Waals surface area contributed by atoms with E-state index in [2.05, 4.69) is 53.8 Å². The molecule has 0 aliphatic rings. The van der Waals surface area contributed by atoms with Gasteiger partial charge in [0, 0.05) is 30.9 Å². The van der Waals surface area contributed by atoms with Gasteiger partial charge in [-0.15, -0.1) is 0 Å². The van der Waals surface area contributed by atoms with E-state index in [1.165, 1.54) is 5.56 Å². The van der Waals surface area contributed by atoms with Crippen molar-refractivity contribution in [2.45, 2.75) is 39.2 Å². The van der Waals surface area contributed by atoms with Gasteiger partial charge in [0.1, 0.15) is 18.2 Å². The summed E-state index contributed by atoms with van der Waals surface area (Å²) in [6.07, 6.45) is 3.86. The van der Waals surface area contributed by atoms with Crippen molar-refractivity contribution in [1.29, 1.82) is 0 Å². The van der Waals surface area contributed by atoms with Crippen molar-refractivity contribution in [1.82, 2.24) is 19.9 Å². The minimum absolute atomic E-state index is 0.109. The Hall–Kier alpha value is -3.67. The summed E-state index contributed by atoms with van der Waals surface area (Å²) in [6.45, 7) is 8.32. The number of benzene rings is 2. The molecule has 4 rings (SSSR count). The van der Waals surface area contributed by atoms with Gasteiger partial charge < -0.3 is 14.6 Å². The van der Waals surface area contributed by atoms with Crippen LogP contribution in [0.5, 0.6) is 5.75 Å². The molecule has 2 aromatic heterocycles. The zero-order valence-corrected chi connectivity index (χ0v) is 19.4. The molecule has 0 aliphatic carbocycles. The van der Waals surface area contributed by atoms with Crippen LogP contribution in [0.3, 0.4) is 0 Å². The number of para-hydroxylation sites is 2. The molecule has 33 heavy (non-hydrogen) atoms. The summed E-state index contributed by atoms with van der Waals surface area (Å²) in [4.78, 5) is 21.1. The molecule has 0 unspecified atom stereocenters. The topological polar surface area (TPSA) is 69.0 Å². The van der Waals surface area contributed by atoms with Crippen molar-refractivity contribution in [3.8, 4) is 5.75 Å². The zero-order valence-electron chi connectivity index (χ0n) is 19.4. The third kappa shape index (κ3) is 5.58. The molecule has 1 amide bonds. The largest absolute Gasteiger partial charge is 0.492 e. The minimum atomic E-state index is -0.109. The van der Waals surface area contributed by atoms with Crippen LogP contribution in [-0.2, 0) is 18.4 Å². The number of nitrogens with one attached hydrogen (secondary N) is 1. The molecule has 170 valence electrons. The summed E-state index contributed by atoms with van der Waals surface area (Å²) < 4.78 is 8.21. The predicted molar refractivity (Wildman–Crippen MR) is 131 cm³/mol. The molecular formula is C27H30N4O2. The van der Waals surface area contributed by atoms with Crippen LogP contribution in [0.4, 0.5) is 0 Å². The highest BCUT2D eigenvalue weighted by Crippen LogP contribution is 2.24. The maximum atomic E-state index is 12.3. The van der Waals surface area contributed by atoms with E-state index in [9.17, 15) is 4.79 Å². The quantitative estimate of drug-likeness (QED) is 0.426. The van der Waals surface area contributed by atoms with Crippen LogP contribution in [-0.4, -0.2) is 33.6 Å². The first-order valence-electron chi connectivity index (χ1n) is 11.3. The monoisotopic (exact) mass is 442 g/mol. The number of carbonyl (C=O) groups is 1. The molecule has 0 aliphatic heterocycles. The molecule has 6 nitrogen and oxygen atoms in total. The van der Waals surface area contributed by atoms with Crippen molar-refractivity contribution in [2.24, 2.45) is 0 Å². The Balaban J connectivity index is 1.40. The minimum Gasteiger partial charge on any atom is -0.492 e. The Labute approximate surface area is 194 Å². The van der Waals surface area contributed by atoms with Crippen LogP contribution in [0.2, 0.25) is 0 Å². The number of fused-ring (bicyclic) bond motifs is 1.